The predicted octanol–water partition coefficient (Wildman–Crippen LogP) is 4.53. The Labute approximate surface area is 165 Å². The summed E-state index contributed by atoms with van der Waals surface area (Å²) in [4.78, 5) is 13.0. The number of nitrogens with one attached hydrogen (secondary N) is 3. The number of rotatable bonds is 8. The highest BCUT2D eigenvalue weighted by Gasteiger charge is 2.03. The normalized spacial score (nSPS) is 10.2. The topological polar surface area (TPSA) is 53.2 Å². The lowest BCUT2D eigenvalue weighted by Crippen LogP contribution is -2.43. The van der Waals surface area contributed by atoms with Crippen LogP contribution in [0.3, 0.4) is 0 Å². The third-order valence-electron chi connectivity index (χ3n) is 3.69. The zero-order chi connectivity index (χ0) is 18.6. The van der Waals surface area contributed by atoms with Gasteiger partial charge in [-0.1, -0.05) is 43.7 Å². The third-order valence-corrected chi connectivity index (χ3v) is 4.91. The SMILES string of the molecule is CCCCc1ccc(NC(=S)NNC(=O)CCSc2ccccc2)cc1. The Hall–Kier alpha value is -2.05. The smallest absolute Gasteiger partial charge is 0.239 e. The number of unbranched alkanes of at least 4 members (excludes halogenated alkanes) is 1. The highest BCUT2D eigenvalue weighted by atomic mass is 32.2. The maximum atomic E-state index is 11.9. The van der Waals surface area contributed by atoms with Crippen molar-refractivity contribution in [2.45, 2.75) is 37.5 Å². The standard InChI is InChI=1S/C20H25N3OS2/c1-2-3-7-16-10-12-17(13-11-16)21-20(25)23-22-19(24)14-15-26-18-8-5-4-6-9-18/h4-6,8-13H,2-3,7,14-15H2,1H3,(H,22,24)(H2,21,23,25). The molecule has 0 aliphatic heterocycles. The van der Waals surface area contributed by atoms with E-state index in [4.69, 9.17) is 12.2 Å². The van der Waals surface area contributed by atoms with Crippen LogP contribution in [-0.2, 0) is 11.2 Å². The van der Waals surface area contributed by atoms with E-state index in [0.29, 0.717) is 11.5 Å². The van der Waals surface area contributed by atoms with E-state index >= 15 is 0 Å². The van der Waals surface area contributed by atoms with Gasteiger partial charge in [-0.2, -0.15) is 0 Å². The summed E-state index contributed by atoms with van der Waals surface area (Å²) in [6, 6.07) is 18.2. The molecule has 0 radical (unpaired) electrons. The fourth-order valence-electron chi connectivity index (χ4n) is 2.27. The van der Waals surface area contributed by atoms with Crippen LogP contribution in [0.5, 0.6) is 0 Å². The molecule has 0 aromatic heterocycles. The number of thioether (sulfide) groups is 1. The van der Waals surface area contributed by atoms with Crippen molar-refractivity contribution in [1.82, 2.24) is 10.9 Å². The molecular formula is C20H25N3OS2. The Morgan fingerprint density at radius 1 is 1.04 bits per heavy atom. The first-order valence-corrected chi connectivity index (χ1v) is 10.2. The van der Waals surface area contributed by atoms with Gasteiger partial charge in [0.1, 0.15) is 0 Å². The number of carbonyl (C=O) groups excluding carboxylic acids is 1. The minimum Gasteiger partial charge on any atom is -0.331 e. The van der Waals surface area contributed by atoms with Crippen molar-refractivity contribution >= 4 is 40.7 Å². The second-order valence-corrected chi connectivity index (χ2v) is 7.42. The fraction of sp³-hybridized carbons (Fsp3) is 0.300. The van der Waals surface area contributed by atoms with Crippen molar-refractivity contribution in [1.29, 1.82) is 0 Å². The van der Waals surface area contributed by atoms with E-state index in [0.717, 1.165) is 22.8 Å². The largest absolute Gasteiger partial charge is 0.331 e. The molecule has 2 aromatic carbocycles. The van der Waals surface area contributed by atoms with E-state index in [1.165, 1.54) is 18.4 Å². The molecule has 0 fully saturated rings. The molecule has 0 unspecified atom stereocenters. The Morgan fingerprint density at radius 3 is 2.46 bits per heavy atom. The van der Waals surface area contributed by atoms with Crippen molar-refractivity contribution in [3.8, 4) is 0 Å². The lowest BCUT2D eigenvalue weighted by Gasteiger charge is -2.12. The molecule has 0 aliphatic rings. The fourth-order valence-corrected chi connectivity index (χ4v) is 3.31. The lowest BCUT2D eigenvalue weighted by molar-refractivity contribution is -0.121. The monoisotopic (exact) mass is 387 g/mol. The quantitative estimate of drug-likeness (QED) is 0.353. The summed E-state index contributed by atoms with van der Waals surface area (Å²) in [5.74, 6) is 0.629. The molecule has 0 spiro atoms. The molecule has 3 N–H and O–H groups in total. The molecule has 0 atom stereocenters. The van der Waals surface area contributed by atoms with Crippen LogP contribution in [0.4, 0.5) is 5.69 Å². The van der Waals surface area contributed by atoms with Crippen LogP contribution in [0.2, 0.25) is 0 Å². The number of thiocarbonyl (C=S) groups is 1. The minimum atomic E-state index is -0.0903. The van der Waals surface area contributed by atoms with Crippen LogP contribution >= 0.6 is 24.0 Å². The van der Waals surface area contributed by atoms with Gasteiger partial charge < -0.3 is 5.32 Å². The second kappa shape index (κ2) is 11.5. The van der Waals surface area contributed by atoms with Gasteiger partial charge in [0, 0.05) is 22.8 Å². The summed E-state index contributed by atoms with van der Waals surface area (Å²) in [5, 5.41) is 3.43. The number of benzene rings is 2. The Kier molecular flexibility index (Phi) is 9.00. The maximum Gasteiger partial charge on any atom is 0.239 e. The molecule has 2 rings (SSSR count). The van der Waals surface area contributed by atoms with Gasteiger partial charge in [0.25, 0.3) is 0 Å². The van der Waals surface area contributed by atoms with Crippen molar-refractivity contribution in [3.05, 3.63) is 60.2 Å². The van der Waals surface area contributed by atoms with Crippen LogP contribution in [0.1, 0.15) is 31.7 Å². The van der Waals surface area contributed by atoms with Gasteiger partial charge in [-0.05, 0) is 54.9 Å². The van der Waals surface area contributed by atoms with Gasteiger partial charge in [0.2, 0.25) is 5.91 Å². The predicted molar refractivity (Wildman–Crippen MR) is 114 cm³/mol. The van der Waals surface area contributed by atoms with Gasteiger partial charge in [-0.25, -0.2) is 0 Å². The summed E-state index contributed by atoms with van der Waals surface area (Å²) in [5.41, 5.74) is 7.58. The highest BCUT2D eigenvalue weighted by Crippen LogP contribution is 2.17. The number of anilines is 1. The van der Waals surface area contributed by atoms with Crippen LogP contribution in [-0.4, -0.2) is 16.8 Å². The van der Waals surface area contributed by atoms with Crippen LogP contribution in [0, 0.1) is 0 Å². The molecule has 2 aromatic rings. The van der Waals surface area contributed by atoms with Gasteiger partial charge in [-0.3, -0.25) is 15.6 Å². The van der Waals surface area contributed by atoms with E-state index < -0.39 is 0 Å². The molecule has 0 heterocycles. The number of amides is 1. The van der Waals surface area contributed by atoms with Gasteiger partial charge >= 0.3 is 0 Å². The Balaban J connectivity index is 1.63. The van der Waals surface area contributed by atoms with E-state index in [-0.39, 0.29) is 5.91 Å². The molecule has 26 heavy (non-hydrogen) atoms. The molecular weight excluding hydrogens is 362 g/mol. The molecule has 0 aliphatic carbocycles. The summed E-state index contributed by atoms with van der Waals surface area (Å²) < 4.78 is 0. The molecule has 0 bridgehead atoms. The Bertz CT molecular complexity index is 690. The maximum absolute atomic E-state index is 11.9. The van der Waals surface area contributed by atoms with Crippen molar-refractivity contribution in [2.24, 2.45) is 0 Å². The molecule has 138 valence electrons. The number of hydrogen-bond donors (Lipinski definition) is 3. The van der Waals surface area contributed by atoms with E-state index in [9.17, 15) is 4.79 Å². The number of hydrogen-bond acceptors (Lipinski definition) is 3. The molecule has 4 nitrogen and oxygen atoms in total. The summed E-state index contributed by atoms with van der Waals surface area (Å²) in [7, 11) is 0. The van der Waals surface area contributed by atoms with Crippen LogP contribution in [0.15, 0.2) is 59.5 Å². The van der Waals surface area contributed by atoms with E-state index in [2.05, 4.69) is 35.2 Å². The first kappa shape index (κ1) is 20.3. The number of aryl methyl sites for hydroxylation is 1. The van der Waals surface area contributed by atoms with E-state index in [1.54, 1.807) is 11.8 Å². The van der Waals surface area contributed by atoms with Gasteiger partial charge in [-0.15, -0.1) is 11.8 Å². The third kappa shape index (κ3) is 7.89. The van der Waals surface area contributed by atoms with Crippen molar-refractivity contribution < 1.29 is 4.79 Å². The summed E-state index contributed by atoms with van der Waals surface area (Å²) in [6.07, 6.45) is 3.90. The van der Waals surface area contributed by atoms with Crippen LogP contribution < -0.4 is 16.2 Å². The van der Waals surface area contributed by atoms with Crippen LogP contribution in [0.25, 0.3) is 0 Å². The Morgan fingerprint density at radius 2 is 1.77 bits per heavy atom. The number of carbonyl (C=O) groups is 1. The van der Waals surface area contributed by atoms with E-state index in [1.807, 2.05) is 42.5 Å². The highest BCUT2D eigenvalue weighted by molar-refractivity contribution is 7.99. The first-order chi connectivity index (χ1) is 12.7. The molecule has 0 saturated heterocycles. The van der Waals surface area contributed by atoms with Gasteiger partial charge in [0.05, 0.1) is 0 Å². The number of hydrazine groups is 1. The zero-order valence-electron chi connectivity index (χ0n) is 15.0. The van der Waals surface area contributed by atoms with Crippen molar-refractivity contribution in [2.75, 3.05) is 11.1 Å². The average Bonchev–Trinajstić information content (AvgIpc) is 2.67. The lowest BCUT2D eigenvalue weighted by atomic mass is 10.1. The summed E-state index contributed by atoms with van der Waals surface area (Å²) >= 11 is 6.86. The minimum absolute atomic E-state index is 0.0903. The first-order valence-electron chi connectivity index (χ1n) is 8.80. The second-order valence-electron chi connectivity index (χ2n) is 5.84. The van der Waals surface area contributed by atoms with Crippen molar-refractivity contribution in [3.63, 3.8) is 0 Å². The summed E-state index contributed by atoms with van der Waals surface area (Å²) in [6.45, 7) is 2.19. The zero-order valence-corrected chi connectivity index (χ0v) is 16.6. The molecule has 0 saturated carbocycles. The van der Waals surface area contributed by atoms with Gasteiger partial charge in [0.15, 0.2) is 5.11 Å². The average molecular weight is 388 g/mol. The molecule has 1 amide bonds. The molecule has 6 heteroatoms.